The Labute approximate surface area is 67.2 Å². The number of hydrogen-bond donors (Lipinski definition) is 1. The van der Waals surface area contributed by atoms with E-state index in [-0.39, 0.29) is 10.6 Å². The third-order valence-corrected chi connectivity index (χ3v) is 1.61. The van der Waals surface area contributed by atoms with Crippen molar-refractivity contribution in [1.82, 2.24) is 0 Å². The molecule has 0 amide bonds. The van der Waals surface area contributed by atoms with Crippen molar-refractivity contribution in [2.75, 3.05) is 0 Å². The summed E-state index contributed by atoms with van der Waals surface area (Å²) in [6.45, 7) is -0.393. The molecule has 0 aliphatic rings. The van der Waals surface area contributed by atoms with E-state index >= 15 is 0 Å². The maximum atomic E-state index is 12.4. The molecule has 11 heavy (non-hydrogen) atoms. The zero-order valence-corrected chi connectivity index (χ0v) is 6.20. The fourth-order valence-electron chi connectivity index (χ4n) is 0.685. The maximum Gasteiger partial charge on any atom is 0.160 e. The summed E-state index contributed by atoms with van der Waals surface area (Å²) in [5.74, 6) is -2.01. The van der Waals surface area contributed by atoms with Crippen LogP contribution in [-0.2, 0) is 6.61 Å². The van der Waals surface area contributed by atoms with Crippen molar-refractivity contribution in [3.8, 4) is 0 Å². The van der Waals surface area contributed by atoms with Gasteiger partial charge < -0.3 is 5.11 Å². The van der Waals surface area contributed by atoms with Gasteiger partial charge in [-0.05, 0) is 17.7 Å². The Bertz CT molecular complexity index is 275. The predicted octanol–water partition coefficient (Wildman–Crippen LogP) is 2.11. The maximum absolute atomic E-state index is 12.4. The van der Waals surface area contributed by atoms with Crippen LogP contribution in [0, 0.1) is 11.6 Å². The summed E-state index contributed by atoms with van der Waals surface area (Å²) in [5.41, 5.74) is 0.186. The molecule has 0 aliphatic carbocycles. The highest BCUT2D eigenvalue weighted by atomic mass is 35.5. The second-order valence-corrected chi connectivity index (χ2v) is 2.42. The standard InChI is InChI=1S/C7H5ClF2O/c8-5-2-7(10)6(9)1-4(5)3-11/h1-2,11H,3H2. The molecule has 0 spiro atoms. The number of aliphatic hydroxyl groups is 1. The van der Waals surface area contributed by atoms with Crippen LogP contribution in [0.5, 0.6) is 0 Å². The first-order valence-corrected chi connectivity index (χ1v) is 3.27. The van der Waals surface area contributed by atoms with E-state index in [0.29, 0.717) is 0 Å². The van der Waals surface area contributed by atoms with Crippen molar-refractivity contribution >= 4 is 11.6 Å². The highest BCUT2D eigenvalue weighted by molar-refractivity contribution is 6.31. The lowest BCUT2D eigenvalue weighted by molar-refractivity contribution is 0.281. The molecular formula is C7H5ClF2O. The van der Waals surface area contributed by atoms with E-state index in [2.05, 4.69) is 0 Å². The summed E-state index contributed by atoms with van der Waals surface area (Å²) in [6, 6.07) is 1.71. The quantitative estimate of drug-likeness (QED) is 0.653. The van der Waals surface area contributed by atoms with Crippen LogP contribution in [0.1, 0.15) is 5.56 Å². The predicted molar refractivity (Wildman–Crippen MR) is 37.3 cm³/mol. The largest absolute Gasteiger partial charge is 0.392 e. The van der Waals surface area contributed by atoms with E-state index in [1.807, 2.05) is 0 Å². The zero-order valence-electron chi connectivity index (χ0n) is 5.44. The lowest BCUT2D eigenvalue weighted by Crippen LogP contribution is -1.90. The Kier molecular flexibility index (Phi) is 2.42. The Balaban J connectivity index is 3.21. The van der Waals surface area contributed by atoms with E-state index in [9.17, 15) is 8.78 Å². The average molecular weight is 179 g/mol. The van der Waals surface area contributed by atoms with Crippen molar-refractivity contribution in [3.05, 3.63) is 34.4 Å². The molecule has 0 radical (unpaired) electrons. The Morgan fingerprint density at radius 2 is 1.82 bits per heavy atom. The van der Waals surface area contributed by atoms with Gasteiger partial charge in [0.2, 0.25) is 0 Å². The first-order chi connectivity index (χ1) is 5.15. The van der Waals surface area contributed by atoms with Crippen LogP contribution in [0.25, 0.3) is 0 Å². The van der Waals surface area contributed by atoms with Crippen molar-refractivity contribution < 1.29 is 13.9 Å². The van der Waals surface area contributed by atoms with Gasteiger partial charge >= 0.3 is 0 Å². The first-order valence-electron chi connectivity index (χ1n) is 2.89. The Hall–Kier alpha value is -0.670. The molecule has 0 unspecified atom stereocenters. The van der Waals surface area contributed by atoms with Gasteiger partial charge in [-0.2, -0.15) is 0 Å². The van der Waals surface area contributed by atoms with E-state index < -0.39 is 18.2 Å². The van der Waals surface area contributed by atoms with E-state index in [1.54, 1.807) is 0 Å². The highest BCUT2D eigenvalue weighted by Gasteiger charge is 2.06. The molecule has 1 nitrogen and oxygen atoms in total. The molecule has 0 fully saturated rings. The molecule has 1 aromatic carbocycles. The molecule has 0 heterocycles. The number of benzene rings is 1. The third kappa shape index (κ3) is 1.67. The monoisotopic (exact) mass is 178 g/mol. The number of halogens is 3. The lowest BCUT2D eigenvalue weighted by atomic mass is 10.2. The van der Waals surface area contributed by atoms with Crippen molar-refractivity contribution in [1.29, 1.82) is 0 Å². The SMILES string of the molecule is OCc1cc(F)c(F)cc1Cl. The molecule has 0 saturated carbocycles. The zero-order chi connectivity index (χ0) is 8.43. The molecule has 0 aromatic heterocycles. The van der Waals surface area contributed by atoms with Crippen LogP contribution in [0.15, 0.2) is 12.1 Å². The van der Waals surface area contributed by atoms with Gasteiger partial charge in [-0.3, -0.25) is 0 Å². The second kappa shape index (κ2) is 3.15. The summed E-state index contributed by atoms with van der Waals surface area (Å²) in [5, 5.41) is 8.59. The Morgan fingerprint density at radius 3 is 2.36 bits per heavy atom. The van der Waals surface area contributed by atoms with Crippen LogP contribution in [0.3, 0.4) is 0 Å². The molecule has 0 bridgehead atoms. The van der Waals surface area contributed by atoms with Gasteiger partial charge in [0.1, 0.15) is 0 Å². The molecule has 1 N–H and O–H groups in total. The number of hydrogen-bond acceptors (Lipinski definition) is 1. The summed E-state index contributed by atoms with van der Waals surface area (Å²) in [6.07, 6.45) is 0. The van der Waals surface area contributed by atoms with Crippen molar-refractivity contribution in [2.45, 2.75) is 6.61 Å². The van der Waals surface area contributed by atoms with Gasteiger partial charge in [-0.25, -0.2) is 8.78 Å². The number of rotatable bonds is 1. The molecular weight excluding hydrogens is 174 g/mol. The topological polar surface area (TPSA) is 20.2 Å². The van der Waals surface area contributed by atoms with Crippen molar-refractivity contribution in [3.63, 3.8) is 0 Å². The molecule has 1 rings (SSSR count). The lowest BCUT2D eigenvalue weighted by Gasteiger charge is -1.99. The average Bonchev–Trinajstić information content (AvgIpc) is 1.97. The molecule has 0 aliphatic heterocycles. The molecule has 1 aromatic rings. The van der Waals surface area contributed by atoms with Gasteiger partial charge in [0, 0.05) is 5.02 Å². The first kappa shape index (κ1) is 8.43. The van der Waals surface area contributed by atoms with E-state index in [4.69, 9.17) is 16.7 Å². The third-order valence-electron chi connectivity index (χ3n) is 1.26. The molecule has 60 valence electrons. The van der Waals surface area contributed by atoms with E-state index in [0.717, 1.165) is 12.1 Å². The summed E-state index contributed by atoms with van der Waals surface area (Å²) >= 11 is 5.43. The van der Waals surface area contributed by atoms with Gasteiger partial charge in [0.15, 0.2) is 11.6 Å². The Morgan fingerprint density at radius 1 is 1.27 bits per heavy atom. The fraction of sp³-hybridized carbons (Fsp3) is 0.143. The van der Waals surface area contributed by atoms with Gasteiger partial charge in [-0.1, -0.05) is 11.6 Å². The summed E-state index contributed by atoms with van der Waals surface area (Å²) in [4.78, 5) is 0. The minimum atomic E-state index is -1.01. The minimum Gasteiger partial charge on any atom is -0.392 e. The molecule has 0 saturated heterocycles. The highest BCUT2D eigenvalue weighted by Crippen LogP contribution is 2.19. The van der Waals surface area contributed by atoms with Crippen LogP contribution in [-0.4, -0.2) is 5.11 Å². The van der Waals surface area contributed by atoms with Crippen LogP contribution in [0.2, 0.25) is 5.02 Å². The summed E-state index contributed by atoms with van der Waals surface area (Å²) in [7, 11) is 0. The van der Waals surface area contributed by atoms with Crippen LogP contribution >= 0.6 is 11.6 Å². The van der Waals surface area contributed by atoms with Crippen LogP contribution in [0.4, 0.5) is 8.78 Å². The smallest absolute Gasteiger partial charge is 0.160 e. The molecule has 0 atom stereocenters. The van der Waals surface area contributed by atoms with Gasteiger partial charge in [0.25, 0.3) is 0 Å². The van der Waals surface area contributed by atoms with Crippen LogP contribution < -0.4 is 0 Å². The minimum absolute atomic E-state index is 0.0337. The fourth-order valence-corrected chi connectivity index (χ4v) is 0.895. The van der Waals surface area contributed by atoms with Gasteiger partial charge in [0.05, 0.1) is 6.61 Å². The summed E-state index contributed by atoms with van der Waals surface area (Å²) < 4.78 is 24.8. The normalized spacial score (nSPS) is 10.2. The van der Waals surface area contributed by atoms with Gasteiger partial charge in [-0.15, -0.1) is 0 Å². The second-order valence-electron chi connectivity index (χ2n) is 2.02. The molecule has 4 heteroatoms. The van der Waals surface area contributed by atoms with E-state index in [1.165, 1.54) is 0 Å². The van der Waals surface area contributed by atoms with Crippen molar-refractivity contribution in [2.24, 2.45) is 0 Å². The number of aliphatic hydroxyl groups excluding tert-OH is 1.